The minimum absolute atomic E-state index is 0.690. The van der Waals surface area contributed by atoms with Gasteiger partial charge in [-0.2, -0.15) is 0 Å². The molecule has 1 aromatic rings. The van der Waals surface area contributed by atoms with Crippen molar-refractivity contribution in [2.75, 3.05) is 6.61 Å². The molecule has 1 unspecified atom stereocenters. The lowest BCUT2D eigenvalue weighted by molar-refractivity contribution is 0.208. The Bertz CT molecular complexity index is 394. The topological polar surface area (TPSA) is 9.23 Å². The maximum atomic E-state index is 5.97. The molecule has 3 rings (SSSR count). The predicted octanol–water partition coefficient (Wildman–Crippen LogP) is 4.67. The van der Waals surface area contributed by atoms with Crippen molar-refractivity contribution in [1.29, 1.82) is 0 Å². The maximum Gasteiger partial charge on any atom is 0.121 e. The van der Waals surface area contributed by atoms with E-state index in [-0.39, 0.29) is 0 Å². The predicted molar refractivity (Wildman–Crippen MR) is 69.0 cm³/mol. The van der Waals surface area contributed by atoms with Crippen molar-refractivity contribution < 1.29 is 4.74 Å². The van der Waals surface area contributed by atoms with E-state index in [0.717, 1.165) is 27.8 Å². The summed E-state index contributed by atoms with van der Waals surface area (Å²) in [7, 11) is 0. The van der Waals surface area contributed by atoms with Gasteiger partial charge >= 0.3 is 0 Å². The summed E-state index contributed by atoms with van der Waals surface area (Å²) in [6.45, 7) is 0.854. The summed E-state index contributed by atoms with van der Waals surface area (Å²) < 4.78 is 6.78. The van der Waals surface area contributed by atoms with Crippen molar-refractivity contribution in [3.8, 4) is 5.75 Å². The van der Waals surface area contributed by atoms with E-state index in [4.69, 9.17) is 16.3 Å². The van der Waals surface area contributed by atoms with Crippen molar-refractivity contribution in [3.63, 3.8) is 0 Å². The molecule has 1 aromatic carbocycles. The van der Waals surface area contributed by atoms with Gasteiger partial charge in [-0.3, -0.25) is 0 Å². The van der Waals surface area contributed by atoms with Crippen LogP contribution in [0.15, 0.2) is 22.7 Å². The summed E-state index contributed by atoms with van der Waals surface area (Å²) in [4.78, 5) is 0. The summed E-state index contributed by atoms with van der Waals surface area (Å²) >= 11 is 9.38. The van der Waals surface area contributed by atoms with Gasteiger partial charge in [0.05, 0.1) is 6.61 Å². The molecule has 16 heavy (non-hydrogen) atoms. The van der Waals surface area contributed by atoms with Gasteiger partial charge < -0.3 is 4.74 Å². The molecular weight excluding hydrogens is 287 g/mol. The number of hydrogen-bond donors (Lipinski definition) is 0. The molecule has 0 aromatic heterocycles. The first-order valence-electron chi connectivity index (χ1n) is 5.77. The summed E-state index contributed by atoms with van der Waals surface area (Å²) in [5.74, 6) is 1.67. The monoisotopic (exact) mass is 300 g/mol. The number of rotatable bonds is 3. The fourth-order valence-corrected chi connectivity index (χ4v) is 3.55. The second-order valence-corrected chi connectivity index (χ2v) is 6.39. The fourth-order valence-electron chi connectivity index (χ4n) is 2.72. The number of halogens is 2. The molecule has 0 saturated heterocycles. The molecule has 2 aliphatic carbocycles. The molecule has 1 nitrogen and oxygen atoms in total. The first-order valence-corrected chi connectivity index (χ1v) is 6.94. The summed E-state index contributed by atoms with van der Waals surface area (Å²) in [6, 6.07) is 5.73. The van der Waals surface area contributed by atoms with Crippen LogP contribution in [0.3, 0.4) is 0 Å². The first kappa shape index (κ1) is 10.9. The van der Waals surface area contributed by atoms with Crippen LogP contribution in [0, 0.1) is 11.3 Å². The van der Waals surface area contributed by atoms with Gasteiger partial charge in [0.15, 0.2) is 0 Å². The molecule has 2 fully saturated rings. The van der Waals surface area contributed by atoms with Crippen LogP contribution in [0.5, 0.6) is 5.75 Å². The van der Waals surface area contributed by atoms with Gasteiger partial charge in [-0.1, -0.05) is 34.0 Å². The van der Waals surface area contributed by atoms with Crippen molar-refractivity contribution in [1.82, 2.24) is 0 Å². The van der Waals surface area contributed by atoms with E-state index in [1.54, 1.807) is 0 Å². The average Bonchev–Trinajstić information content (AvgIpc) is 2.87. The summed E-state index contributed by atoms with van der Waals surface area (Å²) in [5, 5.41) is 0.721. The Morgan fingerprint density at radius 1 is 1.38 bits per heavy atom. The van der Waals surface area contributed by atoms with Crippen LogP contribution in [0.4, 0.5) is 0 Å². The smallest absolute Gasteiger partial charge is 0.121 e. The molecule has 2 aliphatic rings. The van der Waals surface area contributed by atoms with Crippen LogP contribution in [-0.2, 0) is 0 Å². The fraction of sp³-hybridized carbons (Fsp3) is 0.538. The molecule has 0 aliphatic heterocycles. The van der Waals surface area contributed by atoms with E-state index in [0.29, 0.717) is 5.41 Å². The number of hydrogen-bond acceptors (Lipinski definition) is 1. The third-order valence-electron chi connectivity index (χ3n) is 4.00. The zero-order chi connectivity index (χ0) is 11.2. The number of ether oxygens (including phenoxy) is 1. The Morgan fingerprint density at radius 2 is 2.19 bits per heavy atom. The van der Waals surface area contributed by atoms with Gasteiger partial charge in [0.2, 0.25) is 0 Å². The SMILES string of the molecule is Clc1cc(Br)cc(OCC2CC23CCC3)c1. The zero-order valence-electron chi connectivity index (χ0n) is 9.01. The molecular formula is C13H14BrClO. The standard InChI is InChI=1S/C13H14BrClO/c14-10-4-11(15)6-12(5-10)16-8-9-7-13(9)2-1-3-13/h4-6,9H,1-3,7-8H2. The lowest BCUT2D eigenvalue weighted by atomic mass is 9.80. The quantitative estimate of drug-likeness (QED) is 0.788. The lowest BCUT2D eigenvalue weighted by Crippen LogP contribution is -2.17. The minimum Gasteiger partial charge on any atom is -0.493 e. The van der Waals surface area contributed by atoms with E-state index in [2.05, 4.69) is 15.9 Å². The minimum atomic E-state index is 0.690. The molecule has 0 bridgehead atoms. The van der Waals surface area contributed by atoms with E-state index < -0.39 is 0 Å². The van der Waals surface area contributed by atoms with E-state index in [9.17, 15) is 0 Å². The molecule has 1 atom stereocenters. The largest absolute Gasteiger partial charge is 0.493 e. The van der Waals surface area contributed by atoms with Crippen LogP contribution in [0.1, 0.15) is 25.7 Å². The molecule has 3 heteroatoms. The van der Waals surface area contributed by atoms with Crippen molar-refractivity contribution >= 4 is 27.5 Å². The van der Waals surface area contributed by atoms with Crippen molar-refractivity contribution in [3.05, 3.63) is 27.7 Å². The van der Waals surface area contributed by atoms with Gasteiger partial charge in [-0.05, 0) is 48.8 Å². The normalized spacial score (nSPS) is 25.2. The zero-order valence-corrected chi connectivity index (χ0v) is 11.4. The Hall–Kier alpha value is -0.210. The number of benzene rings is 1. The van der Waals surface area contributed by atoms with Crippen molar-refractivity contribution in [2.24, 2.45) is 11.3 Å². The van der Waals surface area contributed by atoms with E-state index in [1.807, 2.05) is 18.2 Å². The third kappa shape index (κ3) is 1.98. The van der Waals surface area contributed by atoms with Gasteiger partial charge in [-0.25, -0.2) is 0 Å². The highest BCUT2D eigenvalue weighted by Crippen LogP contribution is 2.65. The Kier molecular flexibility index (Phi) is 2.67. The van der Waals surface area contributed by atoms with Crippen LogP contribution in [0.25, 0.3) is 0 Å². The highest BCUT2D eigenvalue weighted by atomic mass is 79.9. The molecule has 1 spiro atoms. The molecule has 0 amide bonds. The first-order chi connectivity index (χ1) is 7.68. The van der Waals surface area contributed by atoms with Crippen LogP contribution < -0.4 is 4.74 Å². The Balaban J connectivity index is 1.58. The van der Waals surface area contributed by atoms with E-state index >= 15 is 0 Å². The third-order valence-corrected chi connectivity index (χ3v) is 4.67. The average molecular weight is 302 g/mol. The van der Waals surface area contributed by atoms with Crippen LogP contribution >= 0.6 is 27.5 Å². The van der Waals surface area contributed by atoms with Gasteiger partial charge in [0.25, 0.3) is 0 Å². The van der Waals surface area contributed by atoms with Gasteiger partial charge in [0.1, 0.15) is 5.75 Å². The molecule has 0 heterocycles. The highest BCUT2D eigenvalue weighted by Gasteiger charge is 2.57. The Morgan fingerprint density at radius 3 is 2.75 bits per heavy atom. The van der Waals surface area contributed by atoms with Gasteiger partial charge in [0, 0.05) is 9.50 Å². The van der Waals surface area contributed by atoms with Crippen LogP contribution in [0.2, 0.25) is 5.02 Å². The second kappa shape index (κ2) is 3.92. The lowest BCUT2D eigenvalue weighted by Gasteiger charge is -2.26. The second-order valence-electron chi connectivity index (χ2n) is 5.03. The summed E-state index contributed by atoms with van der Waals surface area (Å²) in [5.41, 5.74) is 0.690. The molecule has 0 N–H and O–H groups in total. The van der Waals surface area contributed by atoms with E-state index in [1.165, 1.54) is 25.7 Å². The van der Waals surface area contributed by atoms with Crippen molar-refractivity contribution in [2.45, 2.75) is 25.7 Å². The molecule has 86 valence electrons. The van der Waals surface area contributed by atoms with Gasteiger partial charge in [-0.15, -0.1) is 0 Å². The molecule has 2 saturated carbocycles. The highest BCUT2D eigenvalue weighted by molar-refractivity contribution is 9.10. The molecule has 0 radical (unpaired) electrons. The Labute approximate surface area is 109 Å². The maximum absolute atomic E-state index is 5.97. The van der Waals surface area contributed by atoms with Crippen LogP contribution in [-0.4, -0.2) is 6.61 Å². The summed E-state index contributed by atoms with van der Waals surface area (Å²) in [6.07, 6.45) is 5.62.